The van der Waals surface area contributed by atoms with E-state index in [9.17, 15) is 4.79 Å². The van der Waals surface area contributed by atoms with E-state index in [-0.39, 0.29) is 17.5 Å². The minimum absolute atomic E-state index is 0.0233. The van der Waals surface area contributed by atoms with Crippen molar-refractivity contribution in [2.24, 2.45) is 28.6 Å². The summed E-state index contributed by atoms with van der Waals surface area (Å²) in [7, 11) is 0. The molecule has 4 aliphatic carbocycles. The third-order valence-electron chi connectivity index (χ3n) is 8.99. The van der Waals surface area contributed by atoms with Crippen molar-refractivity contribution >= 4 is 5.97 Å². The lowest BCUT2D eigenvalue weighted by Crippen LogP contribution is -2.50. The predicted octanol–water partition coefficient (Wildman–Crippen LogP) is 6.58. The van der Waals surface area contributed by atoms with Gasteiger partial charge in [0, 0.05) is 18.3 Å². The second-order valence-corrected chi connectivity index (χ2v) is 10.5. The minimum atomic E-state index is -0.0233. The molecular weight excluding hydrogens is 360 g/mol. The van der Waals surface area contributed by atoms with Crippen molar-refractivity contribution in [1.82, 2.24) is 0 Å². The maximum Gasteiger partial charge on any atom is 0.305 e. The Morgan fingerprint density at radius 1 is 1.14 bits per heavy atom. The molecule has 3 nitrogen and oxygen atoms in total. The molecule has 4 aliphatic rings. The summed E-state index contributed by atoms with van der Waals surface area (Å²) in [5.41, 5.74) is 2.00. The summed E-state index contributed by atoms with van der Waals surface area (Å²) in [6.07, 6.45) is 16.1. The molecule has 162 valence electrons. The Morgan fingerprint density at radius 3 is 2.72 bits per heavy atom. The molecule has 0 N–H and O–H groups in total. The highest BCUT2D eigenvalue weighted by Gasteiger charge is 2.59. The fourth-order valence-electron chi connectivity index (χ4n) is 7.15. The molecule has 0 radical (unpaired) electrons. The normalized spacial score (nSPS) is 40.8. The molecule has 3 heteroatoms. The van der Waals surface area contributed by atoms with Gasteiger partial charge in [-0.1, -0.05) is 40.2 Å². The van der Waals surface area contributed by atoms with Gasteiger partial charge in [0.2, 0.25) is 0 Å². The SMILES string of the molecule is CCCCOC1=CC2=CC[C@H]3[C@@H]4CC[C@H](OC(=O)CC)[C@@]4(C)CC[C@@H]3[C@@]2(C)CC1. The van der Waals surface area contributed by atoms with Crippen LogP contribution in [0, 0.1) is 28.6 Å². The Hall–Kier alpha value is -1.25. The Morgan fingerprint density at radius 2 is 1.97 bits per heavy atom. The van der Waals surface area contributed by atoms with E-state index in [2.05, 4.69) is 32.9 Å². The van der Waals surface area contributed by atoms with Gasteiger partial charge in [-0.25, -0.2) is 0 Å². The molecule has 0 aromatic carbocycles. The summed E-state index contributed by atoms with van der Waals surface area (Å²) in [5.74, 6) is 3.37. The fraction of sp³-hybridized carbons (Fsp3) is 0.808. The first kappa shape index (κ1) is 21.0. The highest BCUT2D eigenvalue weighted by atomic mass is 16.5. The monoisotopic (exact) mass is 400 g/mol. The topological polar surface area (TPSA) is 35.5 Å². The van der Waals surface area contributed by atoms with Crippen molar-refractivity contribution in [2.45, 2.75) is 98.0 Å². The number of fused-ring (bicyclic) bond motifs is 5. The van der Waals surface area contributed by atoms with E-state index >= 15 is 0 Å². The third kappa shape index (κ3) is 3.57. The van der Waals surface area contributed by atoms with Crippen molar-refractivity contribution in [1.29, 1.82) is 0 Å². The summed E-state index contributed by atoms with van der Waals surface area (Å²) >= 11 is 0. The van der Waals surface area contributed by atoms with Gasteiger partial charge in [-0.05, 0) is 79.8 Å². The number of esters is 1. The van der Waals surface area contributed by atoms with Gasteiger partial charge in [0.25, 0.3) is 0 Å². The first-order valence-corrected chi connectivity index (χ1v) is 12.2. The molecule has 0 aromatic rings. The molecular formula is C26H40O3. The minimum Gasteiger partial charge on any atom is -0.498 e. The molecule has 0 bridgehead atoms. The van der Waals surface area contributed by atoms with Gasteiger partial charge in [-0.15, -0.1) is 0 Å². The smallest absolute Gasteiger partial charge is 0.305 e. The van der Waals surface area contributed by atoms with E-state index in [4.69, 9.17) is 9.47 Å². The van der Waals surface area contributed by atoms with Gasteiger partial charge in [0.05, 0.1) is 12.4 Å². The molecule has 0 aliphatic heterocycles. The lowest BCUT2D eigenvalue weighted by Gasteiger charge is -2.56. The van der Waals surface area contributed by atoms with E-state index in [0.717, 1.165) is 37.7 Å². The van der Waals surface area contributed by atoms with Crippen LogP contribution in [0.2, 0.25) is 0 Å². The molecule has 2 fully saturated rings. The van der Waals surface area contributed by atoms with E-state index in [1.807, 2.05) is 6.92 Å². The van der Waals surface area contributed by atoms with Crippen LogP contribution in [0.3, 0.4) is 0 Å². The number of rotatable bonds is 6. The molecule has 4 rings (SSSR count). The molecule has 2 saturated carbocycles. The Bertz CT molecular complexity index is 692. The van der Waals surface area contributed by atoms with Crippen LogP contribution in [0.1, 0.15) is 91.9 Å². The first-order valence-electron chi connectivity index (χ1n) is 12.2. The molecule has 0 amide bonds. The van der Waals surface area contributed by atoms with Gasteiger partial charge >= 0.3 is 5.97 Å². The van der Waals surface area contributed by atoms with Crippen molar-refractivity contribution in [3.8, 4) is 0 Å². The largest absolute Gasteiger partial charge is 0.498 e. The van der Waals surface area contributed by atoms with Crippen LogP contribution in [0.4, 0.5) is 0 Å². The summed E-state index contributed by atoms with van der Waals surface area (Å²) in [5, 5.41) is 0. The number of carbonyl (C=O) groups excluding carboxylic acids is 1. The number of allylic oxidation sites excluding steroid dienone is 4. The number of ether oxygens (including phenoxy) is 2. The van der Waals surface area contributed by atoms with Gasteiger partial charge in [-0.3, -0.25) is 4.79 Å². The van der Waals surface area contributed by atoms with Gasteiger partial charge < -0.3 is 9.47 Å². The second-order valence-electron chi connectivity index (χ2n) is 10.5. The maximum atomic E-state index is 12.0. The zero-order valence-electron chi connectivity index (χ0n) is 19.0. The molecule has 29 heavy (non-hydrogen) atoms. The van der Waals surface area contributed by atoms with Crippen LogP contribution in [-0.4, -0.2) is 18.7 Å². The van der Waals surface area contributed by atoms with Gasteiger partial charge in [-0.2, -0.15) is 0 Å². The van der Waals surface area contributed by atoms with Gasteiger partial charge in [0.15, 0.2) is 0 Å². The second kappa shape index (κ2) is 8.12. The number of unbranched alkanes of at least 4 members (excludes halogenated alkanes) is 1. The van der Waals surface area contributed by atoms with Crippen LogP contribution in [0.25, 0.3) is 0 Å². The van der Waals surface area contributed by atoms with Crippen LogP contribution in [0.15, 0.2) is 23.5 Å². The molecule has 0 spiro atoms. The molecule has 0 heterocycles. The molecule has 6 atom stereocenters. The number of hydrogen-bond donors (Lipinski definition) is 0. The van der Waals surface area contributed by atoms with E-state index in [1.165, 1.54) is 49.9 Å². The van der Waals surface area contributed by atoms with E-state index in [1.54, 1.807) is 0 Å². The van der Waals surface area contributed by atoms with Crippen molar-refractivity contribution in [2.75, 3.05) is 6.61 Å². The summed E-state index contributed by atoms with van der Waals surface area (Å²) in [6.45, 7) is 9.90. The van der Waals surface area contributed by atoms with Crippen LogP contribution in [-0.2, 0) is 14.3 Å². The summed E-state index contributed by atoms with van der Waals surface area (Å²) in [6, 6.07) is 0. The highest BCUT2D eigenvalue weighted by molar-refractivity contribution is 5.69. The van der Waals surface area contributed by atoms with Crippen LogP contribution >= 0.6 is 0 Å². The summed E-state index contributed by atoms with van der Waals surface area (Å²) in [4.78, 5) is 12.0. The Balaban J connectivity index is 1.52. The predicted molar refractivity (Wildman–Crippen MR) is 116 cm³/mol. The lowest BCUT2D eigenvalue weighted by atomic mass is 9.48. The zero-order chi connectivity index (χ0) is 20.6. The Labute approximate surface area is 177 Å². The maximum absolute atomic E-state index is 12.0. The first-order chi connectivity index (χ1) is 13.9. The molecule has 0 aromatic heterocycles. The average molecular weight is 401 g/mol. The fourth-order valence-corrected chi connectivity index (χ4v) is 7.15. The summed E-state index contributed by atoms with van der Waals surface area (Å²) < 4.78 is 12.0. The molecule has 0 saturated heterocycles. The molecule has 0 unspecified atom stereocenters. The van der Waals surface area contributed by atoms with Gasteiger partial charge in [0.1, 0.15) is 6.10 Å². The van der Waals surface area contributed by atoms with Crippen LogP contribution < -0.4 is 0 Å². The number of hydrogen-bond acceptors (Lipinski definition) is 3. The quantitative estimate of drug-likeness (QED) is 0.373. The van der Waals surface area contributed by atoms with Crippen molar-refractivity contribution in [3.05, 3.63) is 23.5 Å². The average Bonchev–Trinajstić information content (AvgIpc) is 3.04. The number of carbonyl (C=O) groups is 1. The van der Waals surface area contributed by atoms with E-state index in [0.29, 0.717) is 17.8 Å². The Kier molecular flexibility index (Phi) is 5.88. The lowest BCUT2D eigenvalue weighted by molar-refractivity contribution is -0.158. The van der Waals surface area contributed by atoms with E-state index < -0.39 is 0 Å². The van der Waals surface area contributed by atoms with Crippen molar-refractivity contribution in [3.63, 3.8) is 0 Å². The van der Waals surface area contributed by atoms with Crippen LogP contribution in [0.5, 0.6) is 0 Å². The van der Waals surface area contributed by atoms with Crippen molar-refractivity contribution < 1.29 is 14.3 Å². The highest BCUT2D eigenvalue weighted by Crippen LogP contribution is 2.65. The third-order valence-corrected chi connectivity index (χ3v) is 8.99. The zero-order valence-corrected chi connectivity index (χ0v) is 19.0. The standard InChI is InChI=1S/C26H40O3/c1-5-7-16-28-19-12-14-25(3)18(17-19)8-9-20-21-10-11-23(29-24(27)6-2)26(21,4)15-13-22(20)25/h8,17,20-23H,5-7,9-16H2,1-4H3/t20-,21-,22-,23-,25-,26-/m0/s1.